The molecule has 0 amide bonds. The fourth-order valence-electron chi connectivity index (χ4n) is 1.55. The summed E-state index contributed by atoms with van der Waals surface area (Å²) in [6.45, 7) is 5.67. The highest BCUT2D eigenvalue weighted by molar-refractivity contribution is 8.01. The summed E-state index contributed by atoms with van der Waals surface area (Å²) in [5, 5.41) is 4.01. The molecule has 1 fully saturated rings. The summed E-state index contributed by atoms with van der Waals surface area (Å²) in [5.41, 5.74) is 1.39. The molecule has 1 aromatic rings. The van der Waals surface area contributed by atoms with Gasteiger partial charge in [0.15, 0.2) is 0 Å². The van der Waals surface area contributed by atoms with Gasteiger partial charge in [-0.15, -0.1) is 11.8 Å². The molecule has 1 heterocycles. The maximum absolute atomic E-state index is 3.53. The summed E-state index contributed by atoms with van der Waals surface area (Å²) in [7, 11) is 0. The molecule has 1 aliphatic rings. The van der Waals surface area contributed by atoms with E-state index in [-0.39, 0.29) is 0 Å². The van der Waals surface area contributed by atoms with Crippen molar-refractivity contribution in [3.63, 3.8) is 0 Å². The van der Waals surface area contributed by atoms with Gasteiger partial charge in [-0.25, -0.2) is 0 Å². The summed E-state index contributed by atoms with van der Waals surface area (Å²) >= 11 is 2.01. The number of benzene rings is 1. The summed E-state index contributed by atoms with van der Waals surface area (Å²) in [4.78, 5) is 0. The highest BCUT2D eigenvalue weighted by Crippen LogP contribution is 2.41. The van der Waals surface area contributed by atoms with Gasteiger partial charge in [0.2, 0.25) is 0 Å². The van der Waals surface area contributed by atoms with Crippen LogP contribution in [0.5, 0.6) is 0 Å². The van der Waals surface area contributed by atoms with Crippen LogP contribution in [0.25, 0.3) is 0 Å². The van der Waals surface area contributed by atoms with Crippen LogP contribution >= 0.6 is 11.8 Å². The van der Waals surface area contributed by atoms with E-state index in [4.69, 9.17) is 0 Å². The van der Waals surface area contributed by atoms with Gasteiger partial charge >= 0.3 is 0 Å². The van der Waals surface area contributed by atoms with Crippen molar-refractivity contribution < 1.29 is 0 Å². The molecule has 0 aliphatic carbocycles. The minimum absolute atomic E-state index is 0.376. The zero-order chi connectivity index (χ0) is 9.31. The Bertz CT molecular complexity index is 281. The van der Waals surface area contributed by atoms with Gasteiger partial charge in [0.25, 0.3) is 0 Å². The van der Waals surface area contributed by atoms with Crippen LogP contribution in [0, 0.1) is 0 Å². The van der Waals surface area contributed by atoms with Crippen molar-refractivity contribution in [3.8, 4) is 0 Å². The average molecular weight is 193 g/mol. The number of hydrogen-bond acceptors (Lipinski definition) is 2. The lowest BCUT2D eigenvalue weighted by Crippen LogP contribution is -2.21. The minimum Gasteiger partial charge on any atom is -0.300 e. The predicted octanol–water partition coefficient (Wildman–Crippen LogP) is 2.80. The molecule has 0 spiro atoms. The molecule has 1 aromatic carbocycles. The molecule has 70 valence electrons. The molecule has 1 N–H and O–H groups in total. The quantitative estimate of drug-likeness (QED) is 0.736. The second-order valence-electron chi connectivity index (χ2n) is 4.05. The summed E-state index contributed by atoms with van der Waals surface area (Å²) in [6, 6.07) is 10.6. The molecule has 1 atom stereocenters. The zero-order valence-corrected chi connectivity index (χ0v) is 8.90. The van der Waals surface area contributed by atoms with Crippen molar-refractivity contribution in [2.24, 2.45) is 0 Å². The first kappa shape index (κ1) is 9.10. The highest BCUT2D eigenvalue weighted by atomic mass is 32.2. The average Bonchev–Trinajstić information content (AvgIpc) is 2.48. The van der Waals surface area contributed by atoms with Gasteiger partial charge in [0, 0.05) is 11.3 Å². The molecule has 0 saturated carbocycles. The number of rotatable bonds is 1. The van der Waals surface area contributed by atoms with E-state index in [9.17, 15) is 0 Å². The van der Waals surface area contributed by atoms with Crippen molar-refractivity contribution in [2.45, 2.75) is 24.0 Å². The molecule has 1 nitrogen and oxygen atoms in total. The molecule has 0 aromatic heterocycles. The van der Waals surface area contributed by atoms with E-state index in [1.807, 2.05) is 11.8 Å². The Kier molecular flexibility index (Phi) is 2.35. The fourth-order valence-corrected chi connectivity index (χ4v) is 2.82. The van der Waals surface area contributed by atoms with E-state index >= 15 is 0 Å². The molecule has 0 bridgehead atoms. The summed E-state index contributed by atoms with van der Waals surface area (Å²) in [6.07, 6.45) is 0. The maximum Gasteiger partial charge on any atom is 0.0795 e. The lowest BCUT2D eigenvalue weighted by Gasteiger charge is -2.15. The van der Waals surface area contributed by atoms with Crippen LogP contribution in [0.4, 0.5) is 0 Å². The van der Waals surface area contributed by atoms with Gasteiger partial charge in [-0.1, -0.05) is 30.3 Å². The SMILES string of the molecule is CC1(C)CNC(c2ccccc2)S1. The molecule has 1 unspecified atom stereocenters. The topological polar surface area (TPSA) is 12.0 Å². The van der Waals surface area contributed by atoms with Crippen molar-refractivity contribution in [3.05, 3.63) is 35.9 Å². The highest BCUT2D eigenvalue weighted by Gasteiger charge is 2.31. The van der Waals surface area contributed by atoms with E-state index in [0.29, 0.717) is 10.1 Å². The number of hydrogen-bond donors (Lipinski definition) is 1. The van der Waals surface area contributed by atoms with Crippen molar-refractivity contribution in [2.75, 3.05) is 6.54 Å². The molecule has 2 rings (SSSR count). The molecular formula is C11H15NS. The molecule has 0 radical (unpaired) electrons. The summed E-state index contributed by atoms with van der Waals surface area (Å²) in [5.74, 6) is 0. The van der Waals surface area contributed by atoms with E-state index in [1.54, 1.807) is 0 Å². The fraction of sp³-hybridized carbons (Fsp3) is 0.455. The van der Waals surface area contributed by atoms with Crippen molar-refractivity contribution >= 4 is 11.8 Å². The monoisotopic (exact) mass is 193 g/mol. The molecular weight excluding hydrogens is 178 g/mol. The zero-order valence-electron chi connectivity index (χ0n) is 8.08. The minimum atomic E-state index is 0.376. The first-order chi connectivity index (χ1) is 6.17. The van der Waals surface area contributed by atoms with Crippen LogP contribution in [0.1, 0.15) is 24.8 Å². The van der Waals surface area contributed by atoms with E-state index in [0.717, 1.165) is 6.54 Å². The third kappa shape index (κ3) is 2.06. The number of thioether (sulfide) groups is 1. The summed E-state index contributed by atoms with van der Waals surface area (Å²) < 4.78 is 0.376. The van der Waals surface area contributed by atoms with E-state index < -0.39 is 0 Å². The molecule has 1 saturated heterocycles. The van der Waals surface area contributed by atoms with Crippen LogP contribution in [-0.2, 0) is 0 Å². The van der Waals surface area contributed by atoms with Gasteiger partial charge in [0.05, 0.1) is 5.37 Å². The number of nitrogens with one attached hydrogen (secondary N) is 1. The largest absolute Gasteiger partial charge is 0.300 e. The third-order valence-corrected chi connectivity index (χ3v) is 3.71. The third-order valence-electron chi connectivity index (χ3n) is 2.25. The lowest BCUT2D eigenvalue weighted by atomic mass is 10.2. The van der Waals surface area contributed by atoms with Gasteiger partial charge in [-0.05, 0) is 19.4 Å². The molecule has 1 aliphatic heterocycles. The van der Waals surface area contributed by atoms with Crippen molar-refractivity contribution in [1.82, 2.24) is 5.32 Å². The van der Waals surface area contributed by atoms with Gasteiger partial charge in [0.1, 0.15) is 0 Å². The van der Waals surface area contributed by atoms with Crippen LogP contribution in [-0.4, -0.2) is 11.3 Å². The first-order valence-corrected chi connectivity index (χ1v) is 5.51. The second kappa shape index (κ2) is 3.35. The van der Waals surface area contributed by atoms with Crippen LogP contribution < -0.4 is 5.32 Å². The Labute approximate surface area is 83.9 Å². The van der Waals surface area contributed by atoms with Crippen LogP contribution in [0.3, 0.4) is 0 Å². The first-order valence-electron chi connectivity index (χ1n) is 4.63. The Morgan fingerprint density at radius 2 is 2.00 bits per heavy atom. The standard InChI is InChI=1S/C11H15NS/c1-11(2)8-12-10(13-11)9-6-4-3-5-7-9/h3-7,10,12H,8H2,1-2H3. The predicted molar refractivity (Wildman–Crippen MR) is 58.9 cm³/mol. The van der Waals surface area contributed by atoms with E-state index in [2.05, 4.69) is 49.5 Å². The lowest BCUT2D eigenvalue weighted by molar-refractivity contribution is 0.635. The Balaban J connectivity index is 2.13. The van der Waals surface area contributed by atoms with Gasteiger partial charge < -0.3 is 5.32 Å². The Morgan fingerprint density at radius 3 is 2.54 bits per heavy atom. The van der Waals surface area contributed by atoms with Crippen LogP contribution in [0.2, 0.25) is 0 Å². The Morgan fingerprint density at radius 1 is 1.31 bits per heavy atom. The van der Waals surface area contributed by atoms with E-state index in [1.165, 1.54) is 5.56 Å². The maximum atomic E-state index is 3.53. The Hall–Kier alpha value is -0.470. The van der Waals surface area contributed by atoms with Crippen LogP contribution in [0.15, 0.2) is 30.3 Å². The van der Waals surface area contributed by atoms with Crippen molar-refractivity contribution in [1.29, 1.82) is 0 Å². The molecule has 2 heteroatoms. The smallest absolute Gasteiger partial charge is 0.0795 e. The molecule has 13 heavy (non-hydrogen) atoms. The second-order valence-corrected chi connectivity index (χ2v) is 5.86. The van der Waals surface area contributed by atoms with Gasteiger partial charge in [-0.2, -0.15) is 0 Å². The normalized spacial score (nSPS) is 26.2. The van der Waals surface area contributed by atoms with Gasteiger partial charge in [-0.3, -0.25) is 0 Å².